The predicted molar refractivity (Wildman–Crippen MR) is 105 cm³/mol. The third kappa shape index (κ3) is 6.01. The third-order valence-corrected chi connectivity index (χ3v) is 6.00. The number of hydrogen-bond donors (Lipinski definition) is 1. The second-order valence-corrected chi connectivity index (χ2v) is 8.57. The van der Waals surface area contributed by atoms with Gasteiger partial charge in [-0.15, -0.1) is 10.2 Å². The molecule has 0 radical (unpaired) electrons. The second-order valence-electron chi connectivity index (χ2n) is 6.33. The quantitative estimate of drug-likeness (QED) is 0.532. The standard InChI is InChI=1S/C18H25N3O2S2/c1-6-15(23-14-8-7-12(4)13(5)9-14)16(22)19-17-20-21-18(25-17)24-10-11(2)3/h7-9,11,15H,6,10H2,1-5H3,(H,19,20,22)/t15-/m0/s1. The van der Waals surface area contributed by atoms with E-state index in [9.17, 15) is 4.79 Å². The van der Waals surface area contributed by atoms with Gasteiger partial charge in [0.05, 0.1) is 0 Å². The van der Waals surface area contributed by atoms with Crippen LogP contribution >= 0.6 is 23.1 Å². The van der Waals surface area contributed by atoms with Crippen molar-refractivity contribution < 1.29 is 9.53 Å². The van der Waals surface area contributed by atoms with E-state index in [1.807, 2.05) is 39.0 Å². The molecule has 0 saturated heterocycles. The van der Waals surface area contributed by atoms with Gasteiger partial charge in [0.2, 0.25) is 5.13 Å². The summed E-state index contributed by atoms with van der Waals surface area (Å²) < 4.78 is 6.73. The first-order valence-corrected chi connectivity index (χ1v) is 10.2. The van der Waals surface area contributed by atoms with Crippen LogP contribution in [0.1, 0.15) is 38.3 Å². The zero-order valence-corrected chi connectivity index (χ0v) is 17.0. The summed E-state index contributed by atoms with van der Waals surface area (Å²) in [6.07, 6.45) is 0.0183. The minimum Gasteiger partial charge on any atom is -0.481 e. The first kappa shape index (κ1) is 19.7. The molecule has 2 aromatic rings. The van der Waals surface area contributed by atoms with Crippen LogP contribution in [0.3, 0.4) is 0 Å². The summed E-state index contributed by atoms with van der Waals surface area (Å²) in [7, 11) is 0. The van der Waals surface area contributed by atoms with Crippen molar-refractivity contribution in [3.8, 4) is 5.75 Å². The number of aromatic nitrogens is 2. The fraction of sp³-hybridized carbons (Fsp3) is 0.500. The number of ether oxygens (including phenoxy) is 1. The van der Waals surface area contributed by atoms with Crippen molar-refractivity contribution in [2.24, 2.45) is 5.92 Å². The minimum atomic E-state index is -0.558. The number of thioether (sulfide) groups is 1. The molecule has 0 aliphatic rings. The molecular weight excluding hydrogens is 354 g/mol. The van der Waals surface area contributed by atoms with E-state index in [4.69, 9.17) is 4.74 Å². The molecule has 7 heteroatoms. The van der Waals surface area contributed by atoms with E-state index in [1.54, 1.807) is 11.8 Å². The monoisotopic (exact) mass is 379 g/mol. The second kappa shape index (κ2) is 9.20. The van der Waals surface area contributed by atoms with Crippen LogP contribution in [0.2, 0.25) is 0 Å². The molecule has 1 aromatic carbocycles. The van der Waals surface area contributed by atoms with E-state index >= 15 is 0 Å². The Morgan fingerprint density at radius 3 is 2.68 bits per heavy atom. The molecule has 1 amide bonds. The van der Waals surface area contributed by atoms with E-state index < -0.39 is 6.10 Å². The van der Waals surface area contributed by atoms with Gasteiger partial charge in [-0.05, 0) is 49.4 Å². The highest BCUT2D eigenvalue weighted by Crippen LogP contribution is 2.27. The van der Waals surface area contributed by atoms with Gasteiger partial charge >= 0.3 is 0 Å². The fourth-order valence-corrected chi connectivity index (χ4v) is 3.75. The van der Waals surface area contributed by atoms with Crippen LogP contribution < -0.4 is 10.1 Å². The Bertz CT molecular complexity index is 716. The van der Waals surface area contributed by atoms with Crippen LogP contribution in [0.25, 0.3) is 0 Å². The molecule has 0 spiro atoms. The first-order chi connectivity index (χ1) is 11.9. The SMILES string of the molecule is CC[C@H](Oc1ccc(C)c(C)c1)C(=O)Nc1nnc(SCC(C)C)s1. The van der Waals surface area contributed by atoms with Crippen molar-refractivity contribution in [3.63, 3.8) is 0 Å². The summed E-state index contributed by atoms with van der Waals surface area (Å²) in [5.74, 6) is 2.08. The van der Waals surface area contributed by atoms with Crippen LogP contribution in [0, 0.1) is 19.8 Å². The Balaban J connectivity index is 1.96. The topological polar surface area (TPSA) is 64.1 Å². The molecule has 5 nitrogen and oxygen atoms in total. The number of hydrogen-bond acceptors (Lipinski definition) is 6. The van der Waals surface area contributed by atoms with Gasteiger partial charge in [-0.1, -0.05) is 49.9 Å². The number of nitrogens with one attached hydrogen (secondary N) is 1. The normalized spacial score (nSPS) is 12.2. The molecule has 2 rings (SSSR count). The highest BCUT2D eigenvalue weighted by atomic mass is 32.2. The van der Waals surface area contributed by atoms with Crippen molar-refractivity contribution >= 4 is 34.1 Å². The fourth-order valence-electron chi connectivity index (χ4n) is 2.02. The van der Waals surface area contributed by atoms with Crippen LogP contribution in [0.15, 0.2) is 22.5 Å². The maximum absolute atomic E-state index is 12.5. The molecular formula is C18H25N3O2S2. The van der Waals surface area contributed by atoms with Crippen molar-refractivity contribution in [2.45, 2.75) is 51.5 Å². The number of rotatable bonds is 8. The molecule has 0 aliphatic carbocycles. The number of anilines is 1. The van der Waals surface area contributed by atoms with Gasteiger partial charge in [0.1, 0.15) is 5.75 Å². The first-order valence-electron chi connectivity index (χ1n) is 8.40. The Kier molecular flexibility index (Phi) is 7.25. The molecule has 0 fully saturated rings. The molecule has 0 bridgehead atoms. The highest BCUT2D eigenvalue weighted by molar-refractivity contribution is 8.01. The predicted octanol–water partition coefficient (Wildman–Crippen LogP) is 4.70. The average Bonchev–Trinajstić information content (AvgIpc) is 3.01. The van der Waals surface area contributed by atoms with Crippen molar-refractivity contribution in [3.05, 3.63) is 29.3 Å². The lowest BCUT2D eigenvalue weighted by Crippen LogP contribution is -2.32. The molecule has 0 aliphatic heterocycles. The van der Waals surface area contributed by atoms with Crippen LogP contribution in [-0.4, -0.2) is 28.0 Å². The minimum absolute atomic E-state index is 0.197. The van der Waals surface area contributed by atoms with Gasteiger partial charge < -0.3 is 4.74 Å². The number of nitrogens with zero attached hydrogens (tertiary/aromatic N) is 2. The lowest BCUT2D eigenvalue weighted by atomic mass is 10.1. The number of carbonyl (C=O) groups is 1. The van der Waals surface area contributed by atoms with Gasteiger partial charge in [-0.25, -0.2) is 0 Å². The van der Waals surface area contributed by atoms with Gasteiger partial charge in [0.15, 0.2) is 10.4 Å². The Morgan fingerprint density at radius 2 is 2.04 bits per heavy atom. The van der Waals surface area contributed by atoms with Gasteiger partial charge in [-0.3, -0.25) is 10.1 Å². The average molecular weight is 380 g/mol. The molecule has 1 atom stereocenters. The summed E-state index contributed by atoms with van der Waals surface area (Å²) >= 11 is 3.05. The van der Waals surface area contributed by atoms with Gasteiger partial charge in [0.25, 0.3) is 5.91 Å². The maximum atomic E-state index is 12.5. The maximum Gasteiger partial charge on any atom is 0.267 e. The van der Waals surface area contributed by atoms with Gasteiger partial charge in [0, 0.05) is 5.75 Å². The summed E-state index contributed by atoms with van der Waals surface area (Å²) in [6, 6.07) is 5.85. The molecule has 136 valence electrons. The summed E-state index contributed by atoms with van der Waals surface area (Å²) in [6.45, 7) is 10.3. The molecule has 0 unspecified atom stereocenters. The summed E-state index contributed by atoms with van der Waals surface area (Å²) in [5.41, 5.74) is 2.34. The lowest BCUT2D eigenvalue weighted by molar-refractivity contribution is -0.122. The number of aryl methyl sites for hydroxylation is 2. The van der Waals surface area contributed by atoms with E-state index in [1.165, 1.54) is 16.9 Å². The molecule has 0 saturated carbocycles. The Hall–Kier alpha value is -1.60. The zero-order valence-electron chi connectivity index (χ0n) is 15.3. The molecule has 1 heterocycles. The molecule has 25 heavy (non-hydrogen) atoms. The van der Waals surface area contributed by atoms with E-state index in [0.29, 0.717) is 23.2 Å². The number of amides is 1. The molecule has 1 aromatic heterocycles. The van der Waals surface area contributed by atoms with Crippen molar-refractivity contribution in [1.82, 2.24) is 10.2 Å². The van der Waals surface area contributed by atoms with E-state index in [2.05, 4.69) is 29.4 Å². The Labute approximate surface area is 157 Å². The van der Waals surface area contributed by atoms with E-state index in [-0.39, 0.29) is 5.91 Å². The Morgan fingerprint density at radius 1 is 1.28 bits per heavy atom. The van der Waals surface area contributed by atoms with Crippen molar-refractivity contribution in [1.29, 1.82) is 0 Å². The highest BCUT2D eigenvalue weighted by Gasteiger charge is 2.20. The number of carbonyl (C=O) groups excluding carboxylic acids is 1. The number of benzene rings is 1. The van der Waals surface area contributed by atoms with Crippen LogP contribution in [0.5, 0.6) is 5.75 Å². The van der Waals surface area contributed by atoms with Crippen LogP contribution in [0.4, 0.5) is 5.13 Å². The van der Waals surface area contributed by atoms with Gasteiger partial charge in [-0.2, -0.15) is 0 Å². The molecule has 1 N–H and O–H groups in total. The summed E-state index contributed by atoms with van der Waals surface area (Å²) in [5, 5.41) is 11.5. The largest absolute Gasteiger partial charge is 0.481 e. The summed E-state index contributed by atoms with van der Waals surface area (Å²) in [4.78, 5) is 12.5. The zero-order chi connectivity index (χ0) is 18.4. The van der Waals surface area contributed by atoms with E-state index in [0.717, 1.165) is 15.7 Å². The van der Waals surface area contributed by atoms with Crippen LogP contribution in [-0.2, 0) is 4.79 Å². The third-order valence-electron chi connectivity index (χ3n) is 3.60. The smallest absolute Gasteiger partial charge is 0.267 e. The lowest BCUT2D eigenvalue weighted by Gasteiger charge is -2.17. The van der Waals surface area contributed by atoms with Crippen molar-refractivity contribution in [2.75, 3.05) is 11.1 Å².